The molecule has 0 aliphatic heterocycles. The number of aromatic hydroxyl groups is 2. The molecule has 0 saturated carbocycles. The SMILES string of the molecule is Oc1cccc2sc3cccc(O)c3c12. The van der Waals surface area contributed by atoms with Crippen LogP contribution >= 0.6 is 11.3 Å². The molecule has 3 rings (SSSR count). The number of hydrogen-bond donors (Lipinski definition) is 2. The quantitative estimate of drug-likeness (QED) is 0.604. The molecule has 0 radical (unpaired) electrons. The zero-order valence-electron chi connectivity index (χ0n) is 7.77. The molecule has 74 valence electrons. The van der Waals surface area contributed by atoms with Crippen molar-refractivity contribution >= 4 is 31.5 Å². The summed E-state index contributed by atoms with van der Waals surface area (Å²) in [7, 11) is 0. The van der Waals surface area contributed by atoms with Crippen molar-refractivity contribution in [2.24, 2.45) is 0 Å². The topological polar surface area (TPSA) is 40.5 Å². The van der Waals surface area contributed by atoms with Gasteiger partial charge in [-0.3, -0.25) is 0 Å². The molecule has 0 spiro atoms. The number of phenols is 2. The van der Waals surface area contributed by atoms with Crippen LogP contribution in [-0.2, 0) is 0 Å². The lowest BCUT2D eigenvalue weighted by atomic mass is 10.1. The standard InChI is InChI=1S/C12H8O2S/c13-7-3-1-5-9-11(7)12-8(14)4-2-6-10(12)15-9/h1-6,13-14H. The number of fused-ring (bicyclic) bond motifs is 3. The highest BCUT2D eigenvalue weighted by molar-refractivity contribution is 7.26. The highest BCUT2D eigenvalue weighted by Gasteiger charge is 2.11. The van der Waals surface area contributed by atoms with Crippen LogP contribution in [0.25, 0.3) is 20.2 Å². The van der Waals surface area contributed by atoms with E-state index in [1.54, 1.807) is 23.5 Å². The average molecular weight is 216 g/mol. The van der Waals surface area contributed by atoms with E-state index < -0.39 is 0 Å². The lowest BCUT2D eigenvalue weighted by molar-refractivity contribution is 0.477. The Balaban J connectivity index is 2.67. The normalized spacial score (nSPS) is 11.2. The van der Waals surface area contributed by atoms with Crippen molar-refractivity contribution in [2.75, 3.05) is 0 Å². The van der Waals surface area contributed by atoms with Gasteiger partial charge in [-0.2, -0.15) is 0 Å². The number of thiophene rings is 1. The fourth-order valence-electron chi connectivity index (χ4n) is 1.83. The van der Waals surface area contributed by atoms with Crippen LogP contribution in [0.1, 0.15) is 0 Å². The van der Waals surface area contributed by atoms with Crippen LogP contribution in [-0.4, -0.2) is 10.2 Å². The number of hydrogen-bond acceptors (Lipinski definition) is 3. The molecule has 2 aromatic carbocycles. The third kappa shape index (κ3) is 1.10. The molecule has 0 saturated heterocycles. The Morgan fingerprint density at radius 1 is 0.733 bits per heavy atom. The van der Waals surface area contributed by atoms with E-state index in [0.29, 0.717) is 0 Å². The maximum atomic E-state index is 9.78. The summed E-state index contributed by atoms with van der Waals surface area (Å²) < 4.78 is 1.98. The molecular weight excluding hydrogens is 208 g/mol. The first-order valence-corrected chi connectivity index (χ1v) is 5.41. The smallest absolute Gasteiger partial charge is 0.125 e. The highest BCUT2D eigenvalue weighted by atomic mass is 32.1. The van der Waals surface area contributed by atoms with Crippen LogP contribution in [0.4, 0.5) is 0 Å². The van der Waals surface area contributed by atoms with E-state index in [1.165, 1.54) is 0 Å². The van der Waals surface area contributed by atoms with Crippen molar-refractivity contribution in [2.45, 2.75) is 0 Å². The Bertz CT molecular complexity index is 599. The number of rotatable bonds is 0. The van der Waals surface area contributed by atoms with E-state index in [0.717, 1.165) is 20.2 Å². The molecule has 2 nitrogen and oxygen atoms in total. The summed E-state index contributed by atoms with van der Waals surface area (Å²) in [6.45, 7) is 0. The average Bonchev–Trinajstić information content (AvgIpc) is 2.58. The Morgan fingerprint density at radius 2 is 1.20 bits per heavy atom. The minimum atomic E-state index is 0.222. The van der Waals surface area contributed by atoms with E-state index in [1.807, 2.05) is 24.3 Å². The molecule has 1 aromatic heterocycles. The van der Waals surface area contributed by atoms with Crippen LogP contribution in [0.2, 0.25) is 0 Å². The first-order chi connectivity index (χ1) is 7.27. The molecule has 1 heterocycles. The largest absolute Gasteiger partial charge is 0.507 e. The second-order valence-electron chi connectivity index (χ2n) is 3.40. The summed E-state index contributed by atoms with van der Waals surface area (Å²) in [4.78, 5) is 0. The van der Waals surface area contributed by atoms with Gasteiger partial charge in [0.1, 0.15) is 11.5 Å². The molecule has 0 atom stereocenters. The lowest BCUT2D eigenvalue weighted by Crippen LogP contribution is -1.69. The predicted molar refractivity (Wildman–Crippen MR) is 62.7 cm³/mol. The van der Waals surface area contributed by atoms with Gasteiger partial charge in [-0.15, -0.1) is 11.3 Å². The molecule has 15 heavy (non-hydrogen) atoms. The summed E-state index contributed by atoms with van der Waals surface area (Å²) >= 11 is 1.57. The Morgan fingerprint density at radius 3 is 1.67 bits per heavy atom. The van der Waals surface area contributed by atoms with Gasteiger partial charge in [0.2, 0.25) is 0 Å². The van der Waals surface area contributed by atoms with Gasteiger partial charge in [-0.1, -0.05) is 12.1 Å². The van der Waals surface area contributed by atoms with Crippen molar-refractivity contribution < 1.29 is 10.2 Å². The van der Waals surface area contributed by atoms with E-state index >= 15 is 0 Å². The second kappa shape index (κ2) is 2.87. The van der Waals surface area contributed by atoms with Crippen LogP contribution in [0, 0.1) is 0 Å². The maximum Gasteiger partial charge on any atom is 0.125 e. The summed E-state index contributed by atoms with van der Waals surface area (Å²) in [6, 6.07) is 10.8. The first-order valence-electron chi connectivity index (χ1n) is 4.59. The van der Waals surface area contributed by atoms with Gasteiger partial charge in [0.25, 0.3) is 0 Å². The Hall–Kier alpha value is -1.74. The fraction of sp³-hybridized carbons (Fsp3) is 0. The van der Waals surface area contributed by atoms with Gasteiger partial charge in [0.15, 0.2) is 0 Å². The molecule has 0 unspecified atom stereocenters. The van der Waals surface area contributed by atoms with Crippen molar-refractivity contribution in [1.82, 2.24) is 0 Å². The van der Waals surface area contributed by atoms with E-state index in [2.05, 4.69) is 0 Å². The molecule has 0 aliphatic rings. The van der Waals surface area contributed by atoms with Crippen LogP contribution in [0.5, 0.6) is 11.5 Å². The Kier molecular flexibility index (Phi) is 1.64. The zero-order chi connectivity index (χ0) is 10.4. The van der Waals surface area contributed by atoms with Crippen LogP contribution in [0.15, 0.2) is 36.4 Å². The molecule has 0 bridgehead atoms. The summed E-state index contributed by atoms with van der Waals surface area (Å²) in [6.07, 6.45) is 0. The molecule has 0 fully saturated rings. The van der Waals surface area contributed by atoms with Gasteiger partial charge in [-0.05, 0) is 24.3 Å². The van der Waals surface area contributed by atoms with Gasteiger partial charge in [0.05, 0.1) is 0 Å². The van der Waals surface area contributed by atoms with Crippen LogP contribution < -0.4 is 0 Å². The highest BCUT2D eigenvalue weighted by Crippen LogP contribution is 2.42. The van der Waals surface area contributed by atoms with Crippen LogP contribution in [0.3, 0.4) is 0 Å². The van der Waals surface area contributed by atoms with E-state index in [-0.39, 0.29) is 11.5 Å². The van der Waals surface area contributed by atoms with Gasteiger partial charge in [-0.25, -0.2) is 0 Å². The fourth-order valence-corrected chi connectivity index (χ4v) is 2.98. The Labute approximate surface area is 90.0 Å². The maximum absolute atomic E-state index is 9.78. The minimum Gasteiger partial charge on any atom is -0.507 e. The van der Waals surface area contributed by atoms with Gasteiger partial charge < -0.3 is 10.2 Å². The molecule has 3 aromatic rings. The molecule has 3 heteroatoms. The second-order valence-corrected chi connectivity index (χ2v) is 4.49. The van der Waals surface area contributed by atoms with E-state index in [9.17, 15) is 10.2 Å². The van der Waals surface area contributed by atoms with Crippen molar-refractivity contribution in [3.63, 3.8) is 0 Å². The molecule has 2 N–H and O–H groups in total. The van der Waals surface area contributed by atoms with Crippen molar-refractivity contribution in [3.8, 4) is 11.5 Å². The number of phenolic OH excluding ortho intramolecular Hbond substituents is 2. The van der Waals surface area contributed by atoms with Crippen molar-refractivity contribution in [3.05, 3.63) is 36.4 Å². The lowest BCUT2D eigenvalue weighted by Gasteiger charge is -1.97. The van der Waals surface area contributed by atoms with E-state index in [4.69, 9.17) is 0 Å². The minimum absolute atomic E-state index is 0.222. The first kappa shape index (κ1) is 8.56. The monoisotopic (exact) mass is 216 g/mol. The molecule has 0 amide bonds. The van der Waals surface area contributed by atoms with Crippen molar-refractivity contribution in [1.29, 1.82) is 0 Å². The summed E-state index contributed by atoms with van der Waals surface area (Å²) in [5.41, 5.74) is 0. The molecule has 0 aliphatic carbocycles. The summed E-state index contributed by atoms with van der Waals surface area (Å²) in [5, 5.41) is 21.0. The predicted octanol–water partition coefficient (Wildman–Crippen LogP) is 3.47. The third-order valence-electron chi connectivity index (χ3n) is 2.48. The van der Waals surface area contributed by atoms with Gasteiger partial charge in [0, 0.05) is 20.2 Å². The van der Waals surface area contributed by atoms with Gasteiger partial charge >= 0.3 is 0 Å². The zero-order valence-corrected chi connectivity index (χ0v) is 8.58. The molecular formula is C12H8O2S. The summed E-state index contributed by atoms with van der Waals surface area (Å²) in [5.74, 6) is 0.445. The third-order valence-corrected chi connectivity index (χ3v) is 3.60. The number of benzene rings is 2.